The number of nitrogens with zero attached hydrogens (tertiary/aromatic N) is 3. The van der Waals surface area contributed by atoms with Gasteiger partial charge < -0.3 is 10.3 Å². The van der Waals surface area contributed by atoms with Gasteiger partial charge in [0.2, 0.25) is 0 Å². The summed E-state index contributed by atoms with van der Waals surface area (Å²) in [6.07, 6.45) is 2.62. The Bertz CT molecular complexity index is 941. The van der Waals surface area contributed by atoms with Crippen LogP contribution in [-0.2, 0) is 13.5 Å². The molecular weight excluding hydrogens is 338 g/mol. The molecule has 0 unspecified atom stereocenters. The molecule has 3 aromatic rings. The van der Waals surface area contributed by atoms with Gasteiger partial charge in [-0.2, -0.15) is 5.10 Å². The molecule has 4 rings (SSSR count). The molecule has 25 heavy (non-hydrogen) atoms. The van der Waals surface area contributed by atoms with Crippen LogP contribution in [0, 0.1) is 6.92 Å². The monoisotopic (exact) mass is 355 g/mol. The Kier molecular flexibility index (Phi) is 3.84. The van der Waals surface area contributed by atoms with E-state index >= 15 is 0 Å². The predicted molar refractivity (Wildman–Crippen MR) is 95.8 cm³/mol. The van der Waals surface area contributed by atoms with Crippen molar-refractivity contribution >= 4 is 17.5 Å². The number of aryl methyl sites for hydroxylation is 2. The lowest BCUT2D eigenvalue weighted by Crippen LogP contribution is -2.26. The Hall–Kier alpha value is -2.60. The molecule has 0 radical (unpaired) electrons. The van der Waals surface area contributed by atoms with Gasteiger partial charge in [-0.1, -0.05) is 23.7 Å². The van der Waals surface area contributed by atoms with Crippen molar-refractivity contribution in [1.29, 1.82) is 0 Å². The summed E-state index contributed by atoms with van der Waals surface area (Å²) in [7, 11) is 1.87. The quantitative estimate of drug-likeness (QED) is 0.742. The van der Waals surface area contributed by atoms with E-state index in [9.17, 15) is 4.79 Å². The molecule has 1 atom stereocenters. The topological polar surface area (TPSA) is 75.6 Å². The van der Waals surface area contributed by atoms with Crippen LogP contribution in [0.25, 0.3) is 11.4 Å². The van der Waals surface area contributed by atoms with Crippen molar-refractivity contribution in [3.63, 3.8) is 0 Å². The van der Waals surface area contributed by atoms with Crippen LogP contribution in [0.5, 0.6) is 0 Å². The molecule has 1 aliphatic rings. The largest absolute Gasteiger partial charge is 0.350 e. The average Bonchev–Trinajstić information content (AvgIpc) is 3.10. The Balaban J connectivity index is 1.71. The van der Waals surface area contributed by atoms with Gasteiger partial charge in [0.1, 0.15) is 11.5 Å². The van der Waals surface area contributed by atoms with Gasteiger partial charge in [-0.15, -0.1) is 0 Å². The fourth-order valence-corrected chi connectivity index (χ4v) is 3.42. The van der Waals surface area contributed by atoms with E-state index < -0.39 is 0 Å². The molecule has 6 nitrogen and oxygen atoms in total. The maximum absolute atomic E-state index is 12.4. The van der Waals surface area contributed by atoms with Crippen LogP contribution in [0.4, 0.5) is 0 Å². The third kappa shape index (κ3) is 2.93. The number of amides is 1. The zero-order chi connectivity index (χ0) is 17.6. The molecule has 3 heterocycles. The van der Waals surface area contributed by atoms with Crippen molar-refractivity contribution in [2.24, 2.45) is 7.05 Å². The van der Waals surface area contributed by atoms with Crippen molar-refractivity contribution < 1.29 is 4.79 Å². The lowest BCUT2D eigenvalue weighted by molar-refractivity contribution is 0.0950. The van der Waals surface area contributed by atoms with E-state index in [1.807, 2.05) is 44.4 Å². The summed E-state index contributed by atoms with van der Waals surface area (Å²) in [4.78, 5) is 20.3. The molecule has 2 N–H and O–H groups in total. The molecule has 0 bridgehead atoms. The lowest BCUT2D eigenvalue weighted by Gasteiger charge is -2.14. The Labute approximate surface area is 150 Å². The van der Waals surface area contributed by atoms with Crippen LogP contribution in [0.2, 0.25) is 5.02 Å². The number of hydrogen-bond donors (Lipinski definition) is 2. The van der Waals surface area contributed by atoms with E-state index in [0.29, 0.717) is 29.5 Å². The number of aromatic nitrogens is 4. The van der Waals surface area contributed by atoms with Crippen molar-refractivity contribution in [3.8, 4) is 11.4 Å². The van der Waals surface area contributed by atoms with Gasteiger partial charge in [0.05, 0.1) is 11.3 Å². The highest BCUT2D eigenvalue weighted by molar-refractivity contribution is 6.30. The molecule has 0 spiro atoms. The fraction of sp³-hybridized carbons (Fsp3) is 0.278. The predicted octanol–water partition coefficient (Wildman–Crippen LogP) is 2.84. The summed E-state index contributed by atoms with van der Waals surface area (Å²) in [5.74, 6) is 0.712. The molecule has 128 valence electrons. The first-order valence-electron chi connectivity index (χ1n) is 8.14. The number of nitrogens with one attached hydrogen (secondary N) is 2. The van der Waals surface area contributed by atoms with Crippen molar-refractivity contribution in [3.05, 3.63) is 58.1 Å². The highest BCUT2D eigenvalue weighted by atomic mass is 35.5. The van der Waals surface area contributed by atoms with Crippen LogP contribution in [0.1, 0.15) is 33.4 Å². The molecule has 0 aliphatic carbocycles. The van der Waals surface area contributed by atoms with E-state index in [-0.39, 0.29) is 11.8 Å². The highest BCUT2D eigenvalue weighted by Gasteiger charge is 2.27. The normalized spacial score (nSPS) is 17.1. The van der Waals surface area contributed by atoms with Gasteiger partial charge in [-0.3, -0.25) is 9.48 Å². The molecule has 7 heteroatoms. The van der Waals surface area contributed by atoms with E-state index in [1.165, 1.54) is 0 Å². The lowest BCUT2D eigenvalue weighted by atomic mass is 9.94. The number of hydrogen-bond acceptors (Lipinski definition) is 3. The maximum atomic E-state index is 12.4. The number of fused-ring (bicyclic) bond motifs is 1. The van der Waals surface area contributed by atoms with E-state index in [2.05, 4.69) is 20.4 Å². The molecule has 2 aromatic heterocycles. The van der Waals surface area contributed by atoms with Gasteiger partial charge in [-0.25, -0.2) is 4.98 Å². The minimum absolute atomic E-state index is 0.143. The maximum Gasteiger partial charge on any atom is 0.271 e. The second kappa shape index (κ2) is 6.04. The molecule has 0 saturated heterocycles. The number of carbonyl (C=O) groups is 1. The number of aromatic amines is 1. The number of rotatable bonds is 2. The summed E-state index contributed by atoms with van der Waals surface area (Å²) in [6, 6.07) is 7.77. The average molecular weight is 356 g/mol. The summed E-state index contributed by atoms with van der Waals surface area (Å²) < 4.78 is 1.75. The number of H-pyrrole nitrogens is 1. The summed E-state index contributed by atoms with van der Waals surface area (Å²) in [5, 5.41) is 8.03. The first-order chi connectivity index (χ1) is 12.0. The van der Waals surface area contributed by atoms with Gasteiger partial charge in [0, 0.05) is 36.4 Å². The van der Waals surface area contributed by atoms with Crippen molar-refractivity contribution in [2.45, 2.75) is 19.3 Å². The minimum atomic E-state index is -0.143. The summed E-state index contributed by atoms with van der Waals surface area (Å²) in [6.45, 7) is 2.51. The summed E-state index contributed by atoms with van der Waals surface area (Å²) in [5.41, 5.74) is 4.25. The molecular formula is C18H18ClN5O. The minimum Gasteiger partial charge on any atom is -0.350 e. The molecule has 1 amide bonds. The van der Waals surface area contributed by atoms with Crippen LogP contribution < -0.4 is 5.32 Å². The van der Waals surface area contributed by atoms with Gasteiger partial charge >= 0.3 is 0 Å². The van der Waals surface area contributed by atoms with Crippen molar-refractivity contribution in [1.82, 2.24) is 25.1 Å². The molecule has 1 aliphatic heterocycles. The second-order valence-corrected chi connectivity index (χ2v) is 6.81. The van der Waals surface area contributed by atoms with Gasteiger partial charge in [0.25, 0.3) is 5.91 Å². The second-order valence-electron chi connectivity index (χ2n) is 6.38. The summed E-state index contributed by atoms with van der Waals surface area (Å²) >= 11 is 5.98. The molecule has 0 fully saturated rings. The number of benzene rings is 1. The van der Waals surface area contributed by atoms with Crippen molar-refractivity contribution in [2.75, 3.05) is 6.54 Å². The first-order valence-corrected chi connectivity index (χ1v) is 8.52. The molecule has 0 saturated carbocycles. The van der Waals surface area contributed by atoms with Gasteiger partial charge in [0.15, 0.2) is 0 Å². The third-order valence-electron chi connectivity index (χ3n) is 4.56. The Morgan fingerprint density at radius 3 is 2.72 bits per heavy atom. The van der Waals surface area contributed by atoms with Crippen LogP contribution >= 0.6 is 11.6 Å². The van der Waals surface area contributed by atoms with E-state index in [0.717, 1.165) is 22.5 Å². The smallest absolute Gasteiger partial charge is 0.271 e. The standard InChI is InChI=1S/C18H18ClN5O/c1-10-14(9-24(2)23-10)17-21-15-7-12(8-20-18(25)16(15)22-17)11-3-5-13(19)6-4-11/h3-6,9,12H,7-8H2,1-2H3,(H,20,25)(H,21,22)/t12-/m0/s1. The zero-order valence-electron chi connectivity index (χ0n) is 14.0. The Morgan fingerprint density at radius 2 is 2.04 bits per heavy atom. The van der Waals surface area contributed by atoms with Crippen LogP contribution in [0.15, 0.2) is 30.5 Å². The number of imidazole rings is 1. The number of halogens is 1. The Morgan fingerprint density at radius 1 is 1.28 bits per heavy atom. The fourth-order valence-electron chi connectivity index (χ4n) is 3.29. The SMILES string of the molecule is Cc1nn(C)cc1-c1nc2c([nH]1)C[C@H](c1ccc(Cl)cc1)CNC2=O. The third-order valence-corrected chi connectivity index (χ3v) is 4.82. The van der Waals surface area contributed by atoms with E-state index in [1.54, 1.807) is 4.68 Å². The van der Waals surface area contributed by atoms with Crippen LogP contribution in [-0.4, -0.2) is 32.2 Å². The molecule has 1 aromatic carbocycles. The number of carbonyl (C=O) groups excluding carboxylic acids is 1. The first kappa shape index (κ1) is 15.9. The zero-order valence-corrected chi connectivity index (χ0v) is 14.8. The highest BCUT2D eigenvalue weighted by Crippen LogP contribution is 2.28. The van der Waals surface area contributed by atoms with Gasteiger partial charge in [-0.05, 0) is 31.0 Å². The van der Waals surface area contributed by atoms with Crippen LogP contribution in [0.3, 0.4) is 0 Å². The van der Waals surface area contributed by atoms with E-state index in [4.69, 9.17) is 11.6 Å².